The fourth-order valence-corrected chi connectivity index (χ4v) is 6.89. The molecule has 0 saturated carbocycles. The van der Waals surface area contributed by atoms with Gasteiger partial charge in [0.05, 0.1) is 24.4 Å². The van der Waals surface area contributed by atoms with Crippen molar-refractivity contribution in [1.29, 1.82) is 0 Å². The molecule has 206 valence electrons. The highest BCUT2D eigenvalue weighted by molar-refractivity contribution is 9.10. The van der Waals surface area contributed by atoms with E-state index >= 15 is 0 Å². The number of hydrogen-bond acceptors (Lipinski definition) is 3. The van der Waals surface area contributed by atoms with Crippen LogP contribution in [0.25, 0.3) is 0 Å². The van der Waals surface area contributed by atoms with Gasteiger partial charge in [0.2, 0.25) is 17.7 Å². The summed E-state index contributed by atoms with van der Waals surface area (Å²) in [4.78, 5) is 45.6. The Bertz CT molecular complexity index is 1660. The van der Waals surface area contributed by atoms with Gasteiger partial charge in [-0.1, -0.05) is 110 Å². The summed E-state index contributed by atoms with van der Waals surface area (Å²) in [7, 11) is 0. The number of likely N-dealkylation sites (tertiary alicyclic amines) is 1. The molecule has 1 fully saturated rings. The Labute approximate surface area is 260 Å². The van der Waals surface area contributed by atoms with Crippen LogP contribution in [-0.4, -0.2) is 22.6 Å². The van der Waals surface area contributed by atoms with Gasteiger partial charge in [0.15, 0.2) is 0 Å². The van der Waals surface area contributed by atoms with Crippen molar-refractivity contribution in [3.8, 4) is 0 Å². The quantitative estimate of drug-likeness (QED) is 0.189. The van der Waals surface area contributed by atoms with Crippen molar-refractivity contribution in [2.75, 3.05) is 4.90 Å². The van der Waals surface area contributed by atoms with Crippen molar-refractivity contribution in [2.24, 2.45) is 5.92 Å². The summed E-state index contributed by atoms with van der Waals surface area (Å²) >= 11 is 13.5. The molecule has 0 radical (unpaired) electrons. The maximum absolute atomic E-state index is 14.8. The number of carbonyl (C=O) groups excluding carboxylic acids is 3. The van der Waals surface area contributed by atoms with Crippen molar-refractivity contribution in [3.05, 3.63) is 133 Å². The van der Waals surface area contributed by atoms with E-state index in [4.69, 9.17) is 11.6 Å². The van der Waals surface area contributed by atoms with Gasteiger partial charge in [-0.05, 0) is 59.0 Å². The van der Waals surface area contributed by atoms with E-state index in [-0.39, 0.29) is 37.1 Å². The SMILES string of the molecule is O=C1C[C@H]([C@]2(Cc3ccc(Br)cc3)C(=O)N(Cc3ccccc3)c3cc(Br)ccc32)C(=O)N1Cc1ccccc1Cl. The highest BCUT2D eigenvalue weighted by Gasteiger charge is 2.61. The van der Waals surface area contributed by atoms with E-state index in [1.165, 1.54) is 4.90 Å². The minimum Gasteiger partial charge on any atom is -0.307 e. The zero-order valence-electron chi connectivity index (χ0n) is 21.9. The van der Waals surface area contributed by atoms with Crippen molar-refractivity contribution in [2.45, 2.75) is 31.3 Å². The Morgan fingerprint density at radius 1 is 0.756 bits per heavy atom. The average Bonchev–Trinajstić information content (AvgIpc) is 3.37. The summed E-state index contributed by atoms with van der Waals surface area (Å²) in [6.45, 7) is 0.417. The van der Waals surface area contributed by atoms with Crippen molar-refractivity contribution >= 4 is 66.9 Å². The molecule has 0 N–H and O–H groups in total. The number of halogens is 3. The standard InChI is InChI=1S/C33H25Br2ClN2O3/c34-24-12-10-21(11-13-24)18-33(27-17-30(39)38(31(27)40)20-23-8-4-5-9-28(23)36)26-15-14-25(35)16-29(26)37(32(33)41)19-22-6-2-1-3-7-22/h1-16,27H,17-20H2/t27-,33+/m0/s1. The number of anilines is 1. The summed E-state index contributed by atoms with van der Waals surface area (Å²) in [6, 6.07) is 30.5. The number of fused-ring (bicyclic) bond motifs is 1. The second kappa shape index (κ2) is 11.2. The summed E-state index contributed by atoms with van der Waals surface area (Å²) in [6.07, 6.45) is 0.225. The van der Waals surface area contributed by atoms with Gasteiger partial charge in [-0.2, -0.15) is 0 Å². The van der Waals surface area contributed by atoms with E-state index in [0.717, 1.165) is 31.3 Å². The first-order chi connectivity index (χ1) is 19.8. The Hall–Kier alpha value is -3.26. The highest BCUT2D eigenvalue weighted by atomic mass is 79.9. The van der Waals surface area contributed by atoms with Crippen LogP contribution in [0.5, 0.6) is 0 Å². The lowest BCUT2D eigenvalue weighted by Crippen LogP contribution is -2.49. The van der Waals surface area contributed by atoms with Gasteiger partial charge in [-0.15, -0.1) is 0 Å². The summed E-state index contributed by atoms with van der Waals surface area (Å²) in [5.74, 6) is -1.70. The number of benzene rings is 4. The molecule has 0 aromatic heterocycles. The Morgan fingerprint density at radius 2 is 1.44 bits per heavy atom. The molecule has 3 amide bonds. The van der Waals surface area contributed by atoms with Crippen molar-refractivity contribution < 1.29 is 14.4 Å². The van der Waals surface area contributed by atoms with Crippen LogP contribution in [0.3, 0.4) is 0 Å². The topological polar surface area (TPSA) is 57.7 Å². The van der Waals surface area contributed by atoms with E-state index in [2.05, 4.69) is 31.9 Å². The van der Waals surface area contributed by atoms with Crippen LogP contribution in [-0.2, 0) is 39.3 Å². The summed E-state index contributed by atoms with van der Waals surface area (Å²) in [5.41, 5.74) is 2.81. The van der Waals surface area contributed by atoms with Crippen molar-refractivity contribution in [3.63, 3.8) is 0 Å². The molecule has 2 heterocycles. The first-order valence-corrected chi connectivity index (χ1v) is 15.2. The van der Waals surface area contributed by atoms with Crippen molar-refractivity contribution in [1.82, 2.24) is 4.90 Å². The van der Waals surface area contributed by atoms with Gasteiger partial charge in [0.25, 0.3) is 0 Å². The first kappa shape index (κ1) is 27.9. The molecule has 41 heavy (non-hydrogen) atoms. The van der Waals surface area contributed by atoms with Gasteiger partial charge in [-0.3, -0.25) is 19.3 Å². The van der Waals surface area contributed by atoms with Crippen LogP contribution in [0.4, 0.5) is 5.69 Å². The van der Waals surface area contributed by atoms with Crippen LogP contribution >= 0.6 is 43.5 Å². The van der Waals surface area contributed by atoms with Crippen LogP contribution in [0.2, 0.25) is 5.02 Å². The number of imide groups is 1. The van der Waals surface area contributed by atoms with Crippen LogP contribution < -0.4 is 4.90 Å². The maximum Gasteiger partial charge on any atom is 0.239 e. The highest BCUT2D eigenvalue weighted by Crippen LogP contribution is 2.52. The summed E-state index contributed by atoms with van der Waals surface area (Å²) < 4.78 is 1.75. The number of nitrogens with zero attached hydrogens (tertiary/aromatic N) is 2. The zero-order valence-corrected chi connectivity index (χ0v) is 25.8. The molecule has 0 spiro atoms. The molecule has 2 atom stereocenters. The molecule has 8 heteroatoms. The third kappa shape index (κ3) is 5.05. The van der Waals surface area contributed by atoms with E-state index < -0.39 is 11.3 Å². The number of hydrogen-bond donors (Lipinski definition) is 0. The zero-order chi connectivity index (χ0) is 28.7. The lowest BCUT2D eigenvalue weighted by Gasteiger charge is -2.33. The predicted octanol–water partition coefficient (Wildman–Crippen LogP) is 7.47. The average molecular weight is 693 g/mol. The van der Waals surface area contributed by atoms with E-state index in [1.54, 1.807) is 11.0 Å². The normalized spacial score (nSPS) is 20.2. The third-order valence-electron chi connectivity index (χ3n) is 8.06. The molecule has 0 unspecified atom stereocenters. The lowest BCUT2D eigenvalue weighted by atomic mass is 9.66. The molecular formula is C33H25Br2ClN2O3. The molecule has 4 aromatic carbocycles. The molecule has 5 nitrogen and oxygen atoms in total. The number of amides is 3. The van der Waals surface area contributed by atoms with Crippen LogP contribution in [0.1, 0.15) is 28.7 Å². The lowest BCUT2D eigenvalue weighted by molar-refractivity contribution is -0.142. The van der Waals surface area contributed by atoms with Gasteiger partial charge in [0.1, 0.15) is 0 Å². The van der Waals surface area contributed by atoms with Gasteiger partial charge < -0.3 is 4.90 Å². The maximum atomic E-state index is 14.8. The van der Waals surface area contributed by atoms with Crippen LogP contribution in [0.15, 0.2) is 106 Å². The minimum absolute atomic E-state index is 0.0553. The molecule has 0 bridgehead atoms. The first-order valence-electron chi connectivity index (χ1n) is 13.3. The van der Waals surface area contributed by atoms with E-state index in [0.29, 0.717) is 17.1 Å². The Morgan fingerprint density at radius 3 is 2.17 bits per heavy atom. The fourth-order valence-electron chi connectivity index (χ4n) is 6.08. The summed E-state index contributed by atoms with van der Waals surface area (Å²) in [5, 5.41) is 0.488. The number of rotatable bonds is 7. The molecular weight excluding hydrogens is 668 g/mol. The second-order valence-electron chi connectivity index (χ2n) is 10.5. The predicted molar refractivity (Wildman–Crippen MR) is 166 cm³/mol. The smallest absolute Gasteiger partial charge is 0.239 e. The number of carbonyl (C=O) groups is 3. The molecule has 6 rings (SSSR count). The second-order valence-corrected chi connectivity index (χ2v) is 12.7. The third-order valence-corrected chi connectivity index (χ3v) is 9.45. The van der Waals surface area contributed by atoms with Gasteiger partial charge >= 0.3 is 0 Å². The monoisotopic (exact) mass is 690 g/mol. The van der Waals surface area contributed by atoms with E-state index in [1.807, 2.05) is 91.0 Å². The minimum atomic E-state index is -1.26. The fraction of sp³-hybridized carbons (Fsp3) is 0.182. The largest absolute Gasteiger partial charge is 0.307 e. The Balaban J connectivity index is 1.48. The van der Waals surface area contributed by atoms with Gasteiger partial charge in [0, 0.05) is 26.1 Å². The molecule has 2 aliphatic heterocycles. The molecule has 0 aliphatic carbocycles. The van der Waals surface area contributed by atoms with Crippen LogP contribution in [0, 0.1) is 5.92 Å². The molecule has 4 aromatic rings. The molecule has 2 aliphatic rings. The van der Waals surface area contributed by atoms with E-state index in [9.17, 15) is 14.4 Å². The molecule has 1 saturated heterocycles. The van der Waals surface area contributed by atoms with Gasteiger partial charge in [-0.25, -0.2) is 0 Å². The Kier molecular flexibility index (Phi) is 7.62.